The molecule has 0 aliphatic rings. The second-order valence-corrected chi connectivity index (χ2v) is 6.65. The van der Waals surface area contributed by atoms with Crippen molar-refractivity contribution in [3.63, 3.8) is 0 Å². The molecule has 0 spiro atoms. The summed E-state index contributed by atoms with van der Waals surface area (Å²) < 4.78 is 39.6. The molecule has 0 bridgehead atoms. The van der Waals surface area contributed by atoms with Crippen molar-refractivity contribution >= 4 is 27.5 Å². The molecule has 0 aliphatic carbocycles. The van der Waals surface area contributed by atoms with Gasteiger partial charge in [0, 0.05) is 23.5 Å². The molecule has 19 heavy (non-hydrogen) atoms. The van der Waals surface area contributed by atoms with Crippen LogP contribution < -0.4 is 10.5 Å². The molecule has 0 atom stereocenters. The van der Waals surface area contributed by atoms with E-state index in [0.717, 1.165) is 6.07 Å². The third-order valence-electron chi connectivity index (χ3n) is 2.39. The molecule has 0 unspecified atom stereocenters. The number of nitrogens with two attached hydrogens (primary N) is 1. The summed E-state index contributed by atoms with van der Waals surface area (Å²) in [6.07, 6.45) is 5.07. The lowest BCUT2D eigenvalue weighted by Crippen LogP contribution is -2.26. The first kappa shape index (κ1) is 15.8. The van der Waals surface area contributed by atoms with Gasteiger partial charge in [-0.05, 0) is 19.1 Å². The Bertz CT molecular complexity index is 571. The van der Waals surface area contributed by atoms with E-state index in [1.165, 1.54) is 24.8 Å². The van der Waals surface area contributed by atoms with Crippen LogP contribution >= 0.6 is 11.8 Å². The number of rotatable bonds is 6. The van der Waals surface area contributed by atoms with Crippen LogP contribution in [0.25, 0.3) is 0 Å². The van der Waals surface area contributed by atoms with Crippen molar-refractivity contribution in [1.29, 1.82) is 0 Å². The monoisotopic (exact) mass is 302 g/mol. The second-order valence-electron chi connectivity index (χ2n) is 3.77. The van der Waals surface area contributed by atoms with Crippen molar-refractivity contribution in [1.82, 2.24) is 4.72 Å². The van der Waals surface area contributed by atoms with E-state index < -0.39 is 15.8 Å². The van der Waals surface area contributed by atoms with Gasteiger partial charge in [0.05, 0.1) is 10.6 Å². The third-order valence-corrected chi connectivity index (χ3v) is 4.70. The van der Waals surface area contributed by atoms with E-state index in [1.807, 2.05) is 0 Å². The van der Waals surface area contributed by atoms with Gasteiger partial charge in [0.2, 0.25) is 10.0 Å². The zero-order valence-corrected chi connectivity index (χ0v) is 12.1. The third kappa shape index (κ3) is 4.42. The number of nitrogen functional groups attached to an aromatic ring is 1. The molecule has 0 heterocycles. The van der Waals surface area contributed by atoms with Crippen LogP contribution in [0.5, 0.6) is 0 Å². The highest BCUT2D eigenvalue weighted by Crippen LogP contribution is 2.20. The number of terminal acetylenes is 1. The van der Waals surface area contributed by atoms with Gasteiger partial charge >= 0.3 is 0 Å². The largest absolute Gasteiger partial charge is 0.398 e. The Hall–Kier alpha value is -1.23. The van der Waals surface area contributed by atoms with Gasteiger partial charge in [0.15, 0.2) is 0 Å². The number of nitrogens with one attached hydrogen (secondary N) is 1. The minimum Gasteiger partial charge on any atom is -0.398 e. The zero-order chi connectivity index (χ0) is 14.5. The minimum atomic E-state index is -3.74. The molecule has 1 aromatic rings. The normalized spacial score (nSPS) is 11.2. The van der Waals surface area contributed by atoms with E-state index in [2.05, 4.69) is 10.6 Å². The van der Waals surface area contributed by atoms with Gasteiger partial charge in [-0.1, -0.05) is 5.92 Å². The fourth-order valence-electron chi connectivity index (χ4n) is 1.29. The lowest BCUT2D eigenvalue weighted by Gasteiger charge is -2.09. The van der Waals surface area contributed by atoms with E-state index >= 15 is 0 Å². The molecule has 7 heteroatoms. The fourth-order valence-corrected chi connectivity index (χ4v) is 3.01. The maximum atomic E-state index is 13.5. The molecule has 4 nitrogen and oxygen atoms in total. The van der Waals surface area contributed by atoms with Crippen LogP contribution in [0.15, 0.2) is 17.0 Å². The summed E-state index contributed by atoms with van der Waals surface area (Å²) >= 11 is 1.44. The number of benzene rings is 1. The lowest BCUT2D eigenvalue weighted by molar-refractivity contribution is 0.579. The molecule has 1 aromatic carbocycles. The Morgan fingerprint density at radius 3 is 2.79 bits per heavy atom. The van der Waals surface area contributed by atoms with Crippen LogP contribution in [0, 0.1) is 25.1 Å². The van der Waals surface area contributed by atoms with Gasteiger partial charge in [0.25, 0.3) is 0 Å². The number of thioether (sulfide) groups is 1. The molecule has 0 saturated heterocycles. The lowest BCUT2D eigenvalue weighted by atomic mass is 10.2. The maximum absolute atomic E-state index is 13.5. The Morgan fingerprint density at radius 2 is 2.21 bits per heavy atom. The van der Waals surface area contributed by atoms with Crippen molar-refractivity contribution in [2.75, 3.05) is 23.8 Å². The fraction of sp³-hybridized carbons (Fsp3) is 0.333. The number of anilines is 1. The maximum Gasteiger partial charge on any atom is 0.240 e. The summed E-state index contributed by atoms with van der Waals surface area (Å²) in [5.74, 6) is 2.87. The molecule has 0 saturated carbocycles. The minimum absolute atomic E-state index is 0.113. The van der Waals surface area contributed by atoms with Crippen molar-refractivity contribution < 1.29 is 12.8 Å². The smallest absolute Gasteiger partial charge is 0.240 e. The average Bonchev–Trinajstić information content (AvgIpc) is 2.35. The highest BCUT2D eigenvalue weighted by atomic mass is 32.2. The van der Waals surface area contributed by atoms with Crippen LogP contribution in [0.2, 0.25) is 0 Å². The van der Waals surface area contributed by atoms with Crippen LogP contribution in [0.4, 0.5) is 10.1 Å². The van der Waals surface area contributed by atoms with Crippen molar-refractivity contribution in [2.24, 2.45) is 0 Å². The predicted octanol–water partition coefficient (Wildman–Crippen LogP) is 1.36. The van der Waals surface area contributed by atoms with Gasteiger partial charge in [-0.3, -0.25) is 0 Å². The van der Waals surface area contributed by atoms with Gasteiger partial charge in [-0.2, -0.15) is 0 Å². The summed E-state index contributed by atoms with van der Waals surface area (Å²) in [7, 11) is -3.74. The van der Waals surface area contributed by atoms with Crippen molar-refractivity contribution in [3.05, 3.63) is 23.5 Å². The highest BCUT2D eigenvalue weighted by Gasteiger charge is 2.16. The first-order valence-corrected chi connectivity index (χ1v) is 8.08. The predicted molar refractivity (Wildman–Crippen MR) is 76.9 cm³/mol. The quantitative estimate of drug-likeness (QED) is 0.473. The van der Waals surface area contributed by atoms with Crippen molar-refractivity contribution in [3.8, 4) is 12.3 Å². The Balaban J connectivity index is 2.76. The van der Waals surface area contributed by atoms with Crippen LogP contribution in [0.3, 0.4) is 0 Å². The molecule has 1 rings (SSSR count). The number of hydrogen-bond donors (Lipinski definition) is 2. The van der Waals surface area contributed by atoms with Crippen LogP contribution in [0.1, 0.15) is 5.56 Å². The Kier molecular flexibility index (Phi) is 5.66. The summed E-state index contributed by atoms with van der Waals surface area (Å²) in [6, 6.07) is 2.21. The molecule has 0 aromatic heterocycles. The van der Waals surface area contributed by atoms with Crippen LogP contribution in [-0.4, -0.2) is 26.5 Å². The van der Waals surface area contributed by atoms with E-state index in [0.29, 0.717) is 11.5 Å². The SMILES string of the molecule is C#CCSCCNS(=O)(=O)c1cc(N)c(C)c(F)c1. The number of halogens is 1. The Labute approximate surface area is 117 Å². The molecular formula is C12H15FN2O2S2. The van der Waals surface area contributed by atoms with E-state index in [1.54, 1.807) is 0 Å². The van der Waals surface area contributed by atoms with Gasteiger partial charge in [-0.15, -0.1) is 18.2 Å². The van der Waals surface area contributed by atoms with E-state index in [9.17, 15) is 12.8 Å². The summed E-state index contributed by atoms with van der Waals surface area (Å²) in [6.45, 7) is 1.72. The van der Waals surface area contributed by atoms with E-state index in [-0.39, 0.29) is 22.7 Å². The standard InChI is InChI=1S/C12H15FN2O2S2/c1-3-5-18-6-4-15-19(16,17)10-7-11(13)9(2)12(14)8-10/h1,7-8,15H,4-6,14H2,2H3. The van der Waals surface area contributed by atoms with Gasteiger partial charge < -0.3 is 5.73 Å². The van der Waals surface area contributed by atoms with Gasteiger partial charge in [0.1, 0.15) is 5.82 Å². The van der Waals surface area contributed by atoms with Gasteiger partial charge in [-0.25, -0.2) is 17.5 Å². The van der Waals surface area contributed by atoms with Crippen LogP contribution in [-0.2, 0) is 10.0 Å². The molecule has 0 amide bonds. The summed E-state index contributed by atoms with van der Waals surface area (Å²) in [4.78, 5) is -0.171. The highest BCUT2D eigenvalue weighted by molar-refractivity contribution is 7.99. The van der Waals surface area contributed by atoms with Crippen molar-refractivity contribution in [2.45, 2.75) is 11.8 Å². The second kappa shape index (κ2) is 6.80. The summed E-state index contributed by atoms with van der Waals surface area (Å²) in [5, 5.41) is 0. The summed E-state index contributed by atoms with van der Waals surface area (Å²) in [5.41, 5.74) is 5.91. The molecule has 104 valence electrons. The average molecular weight is 302 g/mol. The number of hydrogen-bond acceptors (Lipinski definition) is 4. The molecule has 3 N–H and O–H groups in total. The van der Waals surface area contributed by atoms with E-state index in [4.69, 9.17) is 12.2 Å². The molecule has 0 aliphatic heterocycles. The molecular weight excluding hydrogens is 287 g/mol. The first-order valence-electron chi connectivity index (χ1n) is 5.45. The zero-order valence-electron chi connectivity index (χ0n) is 10.4. The Morgan fingerprint density at radius 1 is 1.53 bits per heavy atom. The number of sulfonamides is 1. The molecule has 0 fully saturated rings. The molecule has 0 radical (unpaired) electrons. The first-order chi connectivity index (χ1) is 8.88. The topological polar surface area (TPSA) is 72.2 Å².